The standard InChI is InChI=1S/C22H22N4O4S2/c1-15-13-20(24-21(27)9-6-12-32(28,29)17-7-4-3-5-8-17)26(25-15)22-23-18-11-10-16(30-2)14-19(18)31-22/h3-5,7-8,10-11,13-14H,6,9,12H2,1-2H3,(H,24,27). The predicted octanol–water partition coefficient (Wildman–Crippen LogP) is 3.99. The van der Waals surface area contributed by atoms with Crippen LogP contribution in [0.15, 0.2) is 59.5 Å². The molecular weight excluding hydrogens is 448 g/mol. The molecule has 0 bridgehead atoms. The van der Waals surface area contributed by atoms with Crippen molar-refractivity contribution in [2.75, 3.05) is 18.2 Å². The Kier molecular flexibility index (Phi) is 6.24. The van der Waals surface area contributed by atoms with Gasteiger partial charge in [-0.3, -0.25) is 4.79 Å². The monoisotopic (exact) mass is 470 g/mol. The number of nitrogens with zero attached hydrogens (tertiary/aromatic N) is 3. The normalized spacial score (nSPS) is 11.6. The van der Waals surface area contributed by atoms with Gasteiger partial charge in [-0.25, -0.2) is 13.4 Å². The molecule has 2 aromatic carbocycles. The molecule has 0 fully saturated rings. The number of nitrogens with one attached hydrogen (secondary N) is 1. The SMILES string of the molecule is COc1ccc2nc(-n3nc(C)cc3NC(=O)CCCS(=O)(=O)c3ccccc3)sc2c1. The maximum atomic E-state index is 12.5. The van der Waals surface area contributed by atoms with E-state index in [2.05, 4.69) is 15.4 Å². The molecule has 8 nitrogen and oxygen atoms in total. The number of benzene rings is 2. The first-order chi connectivity index (χ1) is 15.4. The van der Waals surface area contributed by atoms with Crippen molar-refractivity contribution in [2.24, 2.45) is 0 Å². The third kappa shape index (κ3) is 4.81. The number of hydrogen-bond donors (Lipinski definition) is 1. The number of amides is 1. The van der Waals surface area contributed by atoms with E-state index >= 15 is 0 Å². The molecule has 0 spiro atoms. The molecule has 0 saturated carbocycles. The Morgan fingerprint density at radius 2 is 1.94 bits per heavy atom. The molecule has 166 valence electrons. The van der Waals surface area contributed by atoms with Crippen LogP contribution < -0.4 is 10.1 Å². The molecule has 0 aliphatic rings. The zero-order chi connectivity index (χ0) is 22.7. The van der Waals surface area contributed by atoms with Crippen LogP contribution in [0, 0.1) is 6.92 Å². The van der Waals surface area contributed by atoms with E-state index in [1.54, 1.807) is 48.2 Å². The number of carbonyl (C=O) groups is 1. The molecule has 4 aromatic rings. The molecular formula is C22H22N4O4S2. The molecule has 4 rings (SSSR count). The van der Waals surface area contributed by atoms with Crippen LogP contribution in [0.3, 0.4) is 0 Å². The van der Waals surface area contributed by atoms with E-state index in [0.717, 1.165) is 21.7 Å². The van der Waals surface area contributed by atoms with E-state index in [-0.39, 0.29) is 29.4 Å². The molecule has 0 aliphatic carbocycles. The molecule has 0 aliphatic heterocycles. The second kappa shape index (κ2) is 9.09. The summed E-state index contributed by atoms with van der Waals surface area (Å²) in [6.45, 7) is 1.83. The first kappa shape index (κ1) is 22.0. The second-order valence-electron chi connectivity index (χ2n) is 7.20. The summed E-state index contributed by atoms with van der Waals surface area (Å²) in [4.78, 5) is 17.4. The van der Waals surface area contributed by atoms with Crippen molar-refractivity contribution in [1.82, 2.24) is 14.8 Å². The zero-order valence-corrected chi connectivity index (χ0v) is 19.2. The fourth-order valence-electron chi connectivity index (χ4n) is 3.22. The number of hydrogen-bond acceptors (Lipinski definition) is 7. The number of rotatable bonds is 8. The highest BCUT2D eigenvalue weighted by molar-refractivity contribution is 7.91. The number of methoxy groups -OCH3 is 1. The van der Waals surface area contributed by atoms with E-state index in [1.807, 2.05) is 25.1 Å². The quantitative estimate of drug-likeness (QED) is 0.418. The molecule has 10 heteroatoms. The molecule has 0 radical (unpaired) electrons. The van der Waals surface area contributed by atoms with Crippen LogP contribution in [0.4, 0.5) is 5.82 Å². The maximum absolute atomic E-state index is 12.5. The number of sulfone groups is 1. The van der Waals surface area contributed by atoms with Gasteiger partial charge >= 0.3 is 0 Å². The van der Waals surface area contributed by atoms with Crippen LogP contribution in [0.25, 0.3) is 15.3 Å². The number of ether oxygens (including phenoxy) is 1. The van der Waals surface area contributed by atoms with Gasteiger partial charge in [-0.1, -0.05) is 29.5 Å². The van der Waals surface area contributed by atoms with Crippen LogP contribution in [-0.4, -0.2) is 42.0 Å². The van der Waals surface area contributed by atoms with Crippen LogP contribution in [0.5, 0.6) is 5.75 Å². The largest absolute Gasteiger partial charge is 0.497 e. The third-order valence-corrected chi connectivity index (χ3v) is 7.59. The number of anilines is 1. The molecule has 0 unspecified atom stereocenters. The number of aryl methyl sites for hydroxylation is 1. The highest BCUT2D eigenvalue weighted by Crippen LogP contribution is 2.30. The Morgan fingerprint density at radius 3 is 2.69 bits per heavy atom. The average molecular weight is 471 g/mol. The third-order valence-electron chi connectivity index (χ3n) is 4.78. The Bertz CT molecular complexity index is 1360. The smallest absolute Gasteiger partial charge is 0.225 e. The van der Waals surface area contributed by atoms with E-state index in [9.17, 15) is 13.2 Å². The minimum atomic E-state index is -3.41. The molecule has 1 N–H and O–H groups in total. The fourth-order valence-corrected chi connectivity index (χ4v) is 5.51. The van der Waals surface area contributed by atoms with Crippen LogP contribution in [0.2, 0.25) is 0 Å². The first-order valence-corrected chi connectivity index (χ1v) is 12.4. The maximum Gasteiger partial charge on any atom is 0.225 e. The second-order valence-corrected chi connectivity index (χ2v) is 10.3. The summed E-state index contributed by atoms with van der Waals surface area (Å²) >= 11 is 1.43. The van der Waals surface area contributed by atoms with Crippen molar-refractivity contribution in [1.29, 1.82) is 0 Å². The highest BCUT2D eigenvalue weighted by Gasteiger charge is 2.17. The van der Waals surface area contributed by atoms with Gasteiger partial charge in [-0.05, 0) is 43.7 Å². The molecule has 32 heavy (non-hydrogen) atoms. The van der Waals surface area contributed by atoms with Crippen LogP contribution >= 0.6 is 11.3 Å². The molecule has 2 aromatic heterocycles. The summed E-state index contributed by atoms with van der Waals surface area (Å²) in [7, 11) is -1.80. The number of fused-ring (bicyclic) bond motifs is 1. The van der Waals surface area contributed by atoms with Crippen molar-refractivity contribution in [3.63, 3.8) is 0 Å². The first-order valence-electron chi connectivity index (χ1n) is 9.95. The summed E-state index contributed by atoms with van der Waals surface area (Å²) in [5.41, 5.74) is 1.53. The zero-order valence-electron chi connectivity index (χ0n) is 17.6. The van der Waals surface area contributed by atoms with E-state index in [4.69, 9.17) is 4.74 Å². The lowest BCUT2D eigenvalue weighted by atomic mass is 10.3. The Balaban J connectivity index is 1.45. The minimum Gasteiger partial charge on any atom is -0.497 e. The summed E-state index contributed by atoms with van der Waals surface area (Å²) < 4.78 is 32.6. The van der Waals surface area contributed by atoms with Crippen molar-refractivity contribution in [2.45, 2.75) is 24.7 Å². The molecule has 1 amide bonds. The van der Waals surface area contributed by atoms with Gasteiger partial charge in [0.15, 0.2) is 9.84 Å². The topological polar surface area (TPSA) is 103 Å². The minimum absolute atomic E-state index is 0.0767. The summed E-state index contributed by atoms with van der Waals surface area (Å²) in [6, 6.07) is 15.6. The lowest BCUT2D eigenvalue weighted by Gasteiger charge is -2.07. The number of carbonyl (C=O) groups excluding carboxylic acids is 1. The van der Waals surface area contributed by atoms with Crippen molar-refractivity contribution >= 4 is 43.1 Å². The van der Waals surface area contributed by atoms with E-state index in [1.165, 1.54) is 11.3 Å². The van der Waals surface area contributed by atoms with Crippen molar-refractivity contribution < 1.29 is 17.9 Å². The molecule has 0 saturated heterocycles. The lowest BCUT2D eigenvalue weighted by Crippen LogP contribution is -2.16. The number of aromatic nitrogens is 3. The molecule has 0 atom stereocenters. The van der Waals surface area contributed by atoms with Crippen LogP contribution in [-0.2, 0) is 14.6 Å². The van der Waals surface area contributed by atoms with Gasteiger partial charge in [0.05, 0.1) is 33.7 Å². The van der Waals surface area contributed by atoms with E-state index in [0.29, 0.717) is 10.9 Å². The highest BCUT2D eigenvalue weighted by atomic mass is 32.2. The Labute approximate surface area is 189 Å². The van der Waals surface area contributed by atoms with Gasteiger partial charge in [0.2, 0.25) is 11.0 Å². The Hall–Kier alpha value is -3.24. The average Bonchev–Trinajstić information content (AvgIpc) is 3.36. The van der Waals surface area contributed by atoms with Gasteiger partial charge in [-0.15, -0.1) is 0 Å². The van der Waals surface area contributed by atoms with Crippen molar-refractivity contribution in [3.05, 3.63) is 60.3 Å². The van der Waals surface area contributed by atoms with Gasteiger partial charge < -0.3 is 10.1 Å². The van der Waals surface area contributed by atoms with Gasteiger partial charge in [0.25, 0.3) is 0 Å². The van der Waals surface area contributed by atoms with Gasteiger partial charge in [-0.2, -0.15) is 9.78 Å². The van der Waals surface area contributed by atoms with Crippen LogP contribution in [0.1, 0.15) is 18.5 Å². The van der Waals surface area contributed by atoms with Gasteiger partial charge in [0, 0.05) is 12.5 Å². The van der Waals surface area contributed by atoms with E-state index < -0.39 is 9.84 Å². The lowest BCUT2D eigenvalue weighted by molar-refractivity contribution is -0.116. The predicted molar refractivity (Wildman–Crippen MR) is 124 cm³/mol. The van der Waals surface area contributed by atoms with Gasteiger partial charge in [0.1, 0.15) is 11.6 Å². The Morgan fingerprint density at radius 1 is 1.16 bits per heavy atom. The summed E-state index contributed by atoms with van der Waals surface area (Å²) in [5, 5.41) is 7.90. The molecule has 2 heterocycles. The number of thiazole rings is 1. The van der Waals surface area contributed by atoms with Crippen molar-refractivity contribution in [3.8, 4) is 10.9 Å². The summed E-state index contributed by atoms with van der Waals surface area (Å²) in [6.07, 6.45) is 0.296. The fraction of sp³-hybridized carbons (Fsp3) is 0.227. The summed E-state index contributed by atoms with van der Waals surface area (Å²) in [5.74, 6) is 0.854.